The molecule has 1 N–H and O–H groups in total. The van der Waals surface area contributed by atoms with E-state index in [-0.39, 0.29) is 46.1 Å². The molecule has 1 aliphatic rings. The van der Waals surface area contributed by atoms with Crippen LogP contribution in [0.1, 0.15) is 42.4 Å². The number of amides is 2. The van der Waals surface area contributed by atoms with E-state index in [0.717, 1.165) is 41.1 Å². The number of ether oxygens (including phenoxy) is 1. The average molecular weight is 692 g/mol. The Morgan fingerprint density at radius 1 is 0.958 bits per heavy atom. The van der Waals surface area contributed by atoms with Crippen molar-refractivity contribution in [3.05, 3.63) is 125 Å². The molecule has 1 aliphatic carbocycles. The van der Waals surface area contributed by atoms with Crippen molar-refractivity contribution in [2.45, 2.75) is 62.6 Å². The molecule has 0 heterocycles. The molecule has 4 aromatic rings. The van der Waals surface area contributed by atoms with Gasteiger partial charge in [-0.05, 0) is 61.7 Å². The number of hydrogen-bond acceptors (Lipinski definition) is 5. The van der Waals surface area contributed by atoms with Crippen molar-refractivity contribution in [3.63, 3.8) is 0 Å². The molecule has 0 aliphatic heterocycles. The van der Waals surface area contributed by atoms with E-state index in [2.05, 4.69) is 5.32 Å². The van der Waals surface area contributed by atoms with Crippen LogP contribution in [0.5, 0.6) is 5.75 Å². The molecule has 0 unspecified atom stereocenters. The highest BCUT2D eigenvalue weighted by atomic mass is 35.5. The first-order chi connectivity index (χ1) is 23.1. The molecule has 2 amide bonds. The van der Waals surface area contributed by atoms with Crippen LogP contribution < -0.4 is 14.4 Å². The van der Waals surface area contributed by atoms with Crippen LogP contribution in [-0.4, -0.2) is 50.9 Å². The number of aryl methyl sites for hydroxylation is 1. The first kappa shape index (κ1) is 34.9. The first-order valence-electron chi connectivity index (χ1n) is 15.9. The van der Waals surface area contributed by atoms with Crippen molar-refractivity contribution >= 4 is 39.1 Å². The van der Waals surface area contributed by atoms with Crippen molar-refractivity contribution in [2.24, 2.45) is 0 Å². The molecule has 4 aromatic carbocycles. The number of carbonyl (C=O) groups is 2. The van der Waals surface area contributed by atoms with Gasteiger partial charge in [0, 0.05) is 24.6 Å². The van der Waals surface area contributed by atoms with E-state index in [1.54, 1.807) is 30.3 Å². The van der Waals surface area contributed by atoms with E-state index in [1.165, 1.54) is 48.4 Å². The van der Waals surface area contributed by atoms with E-state index in [4.69, 9.17) is 16.3 Å². The molecule has 0 radical (unpaired) electrons. The van der Waals surface area contributed by atoms with E-state index in [9.17, 15) is 18.0 Å². The number of anilines is 1. The van der Waals surface area contributed by atoms with Gasteiger partial charge in [0.15, 0.2) is 0 Å². The lowest BCUT2D eigenvalue weighted by molar-refractivity contribution is -0.140. The molecule has 8 nitrogen and oxygen atoms in total. The summed E-state index contributed by atoms with van der Waals surface area (Å²) >= 11 is 6.44. The van der Waals surface area contributed by atoms with Crippen LogP contribution >= 0.6 is 11.6 Å². The van der Waals surface area contributed by atoms with Crippen molar-refractivity contribution in [1.29, 1.82) is 0 Å². The van der Waals surface area contributed by atoms with Crippen LogP contribution in [0.25, 0.3) is 0 Å². The number of halogens is 2. The Hall–Kier alpha value is -4.41. The lowest BCUT2D eigenvalue weighted by Crippen LogP contribution is -2.54. The smallest absolute Gasteiger partial charge is 0.264 e. The van der Waals surface area contributed by atoms with Gasteiger partial charge in [-0.25, -0.2) is 12.8 Å². The summed E-state index contributed by atoms with van der Waals surface area (Å²) in [4.78, 5) is 30.0. The maximum atomic E-state index is 15.1. The van der Waals surface area contributed by atoms with E-state index >= 15 is 4.39 Å². The van der Waals surface area contributed by atoms with Gasteiger partial charge in [0.25, 0.3) is 10.0 Å². The molecule has 0 saturated heterocycles. The molecule has 0 aromatic heterocycles. The summed E-state index contributed by atoms with van der Waals surface area (Å²) in [7, 11) is -2.89. The zero-order valence-electron chi connectivity index (χ0n) is 26.9. The Morgan fingerprint density at radius 3 is 2.27 bits per heavy atom. The fourth-order valence-corrected chi connectivity index (χ4v) is 7.57. The summed E-state index contributed by atoms with van der Waals surface area (Å²) in [5, 5.41) is 3.26. The fraction of sp³-hybridized carbons (Fsp3) is 0.297. The molecule has 1 saturated carbocycles. The number of nitrogens with zero attached hydrogens (tertiary/aromatic N) is 2. The minimum absolute atomic E-state index is 0.0340. The van der Waals surface area contributed by atoms with Crippen molar-refractivity contribution in [3.8, 4) is 5.75 Å². The van der Waals surface area contributed by atoms with E-state index in [1.807, 2.05) is 37.3 Å². The summed E-state index contributed by atoms with van der Waals surface area (Å²) in [6, 6.07) is 24.9. The van der Waals surface area contributed by atoms with Gasteiger partial charge in [-0.15, -0.1) is 0 Å². The highest BCUT2D eigenvalue weighted by molar-refractivity contribution is 7.92. The maximum absolute atomic E-state index is 15.1. The quantitative estimate of drug-likeness (QED) is 0.169. The molecular weight excluding hydrogens is 653 g/mol. The van der Waals surface area contributed by atoms with Gasteiger partial charge in [-0.3, -0.25) is 13.9 Å². The number of sulfonamides is 1. The van der Waals surface area contributed by atoms with Crippen LogP contribution in [0.3, 0.4) is 0 Å². The Kier molecular flexibility index (Phi) is 11.4. The Balaban J connectivity index is 1.59. The zero-order valence-corrected chi connectivity index (χ0v) is 28.5. The number of methoxy groups -OCH3 is 1. The Labute approximate surface area is 286 Å². The third-order valence-corrected chi connectivity index (χ3v) is 10.7. The lowest BCUT2D eigenvalue weighted by Gasteiger charge is -2.34. The monoisotopic (exact) mass is 691 g/mol. The van der Waals surface area contributed by atoms with Crippen LogP contribution in [-0.2, 0) is 32.6 Å². The minimum atomic E-state index is -4.33. The number of carbonyl (C=O) groups excluding carboxylic acids is 2. The lowest BCUT2D eigenvalue weighted by atomic mass is 10.0. The van der Waals surface area contributed by atoms with Gasteiger partial charge in [0.2, 0.25) is 11.8 Å². The van der Waals surface area contributed by atoms with Gasteiger partial charge >= 0.3 is 0 Å². The van der Waals surface area contributed by atoms with E-state index < -0.39 is 34.3 Å². The zero-order chi connectivity index (χ0) is 34.3. The summed E-state index contributed by atoms with van der Waals surface area (Å²) in [5.74, 6) is -1.29. The number of benzene rings is 4. The SMILES string of the molecule is COc1ccc(N(CC(=O)N(Cc2ccccc2F)[C@H](Cc2ccccc2)C(=O)NC2CCCC2)S(=O)(=O)c2ccc(C)cc2)cc1Cl. The average Bonchev–Trinajstić information content (AvgIpc) is 3.59. The minimum Gasteiger partial charge on any atom is -0.495 e. The van der Waals surface area contributed by atoms with Crippen LogP contribution in [0.15, 0.2) is 102 Å². The van der Waals surface area contributed by atoms with E-state index in [0.29, 0.717) is 5.75 Å². The van der Waals surface area contributed by atoms with Crippen molar-refractivity contribution in [1.82, 2.24) is 10.2 Å². The Morgan fingerprint density at radius 2 is 1.62 bits per heavy atom. The second-order valence-corrected chi connectivity index (χ2v) is 14.2. The van der Waals surface area contributed by atoms with Crippen molar-refractivity contribution in [2.75, 3.05) is 18.0 Å². The van der Waals surface area contributed by atoms with Gasteiger partial charge in [0.1, 0.15) is 24.2 Å². The standard InChI is InChI=1S/C37H39ClFN3O5S/c1-26-16-19-31(20-17-26)48(45,46)42(30-18-21-35(47-2)32(38)23-30)25-36(43)41(24-28-12-6-9-15-33(28)39)34(22-27-10-4-3-5-11-27)37(44)40-29-13-7-8-14-29/h3-6,9-12,15-21,23,29,34H,7-8,13-14,22,24-25H2,1-2H3,(H,40,44)/t34-/m1/s1. The summed E-state index contributed by atoms with van der Waals surface area (Å²) < 4.78 is 49.9. The predicted molar refractivity (Wildman–Crippen MR) is 185 cm³/mol. The molecular formula is C37H39ClFN3O5S. The van der Waals surface area contributed by atoms with Gasteiger partial charge in [0.05, 0.1) is 22.7 Å². The Bertz CT molecular complexity index is 1830. The topological polar surface area (TPSA) is 96.0 Å². The van der Waals surface area contributed by atoms with Gasteiger partial charge in [-0.2, -0.15) is 0 Å². The number of nitrogens with one attached hydrogen (secondary N) is 1. The fourth-order valence-electron chi connectivity index (χ4n) is 5.91. The molecule has 5 rings (SSSR count). The predicted octanol–water partition coefficient (Wildman–Crippen LogP) is 6.69. The van der Waals surface area contributed by atoms with Crippen molar-refractivity contribution < 1.29 is 27.1 Å². The molecule has 0 spiro atoms. The number of rotatable bonds is 13. The normalized spacial score (nSPS) is 13.9. The van der Waals surface area contributed by atoms with Crippen LogP contribution in [0.2, 0.25) is 5.02 Å². The maximum Gasteiger partial charge on any atom is 0.264 e. The van der Waals surface area contributed by atoms with Gasteiger partial charge < -0.3 is 15.0 Å². The first-order valence-corrected chi connectivity index (χ1v) is 17.7. The second-order valence-electron chi connectivity index (χ2n) is 12.0. The molecule has 11 heteroatoms. The third kappa shape index (κ3) is 8.35. The van der Waals surface area contributed by atoms with Gasteiger partial charge in [-0.1, -0.05) is 90.7 Å². The van der Waals surface area contributed by atoms with Crippen LogP contribution in [0.4, 0.5) is 10.1 Å². The molecule has 1 fully saturated rings. The summed E-state index contributed by atoms with van der Waals surface area (Å²) in [6.45, 7) is 0.892. The highest BCUT2D eigenvalue weighted by Crippen LogP contribution is 2.32. The summed E-state index contributed by atoms with van der Waals surface area (Å²) in [6.07, 6.45) is 3.77. The van der Waals surface area contributed by atoms with Crippen LogP contribution in [0, 0.1) is 12.7 Å². The molecule has 48 heavy (non-hydrogen) atoms. The number of hydrogen-bond donors (Lipinski definition) is 1. The summed E-state index contributed by atoms with van der Waals surface area (Å²) in [5.41, 5.74) is 1.97. The second kappa shape index (κ2) is 15.7. The largest absolute Gasteiger partial charge is 0.495 e. The molecule has 1 atom stereocenters. The molecule has 0 bridgehead atoms. The molecule has 252 valence electrons. The highest BCUT2D eigenvalue weighted by Gasteiger charge is 2.36. The third-order valence-electron chi connectivity index (χ3n) is 8.58.